The number of methoxy groups -OCH3 is 1. The first-order valence-corrected chi connectivity index (χ1v) is 10.6. The summed E-state index contributed by atoms with van der Waals surface area (Å²) in [6.07, 6.45) is 1.40. The van der Waals surface area contributed by atoms with E-state index in [1.165, 1.54) is 18.3 Å². The number of nitrogens with zero attached hydrogens (tertiary/aromatic N) is 3. The van der Waals surface area contributed by atoms with E-state index in [-0.39, 0.29) is 23.8 Å². The molecule has 0 saturated carbocycles. The molecule has 0 spiro atoms. The molecule has 0 aliphatic carbocycles. The number of amides is 2. The molecule has 170 valence electrons. The van der Waals surface area contributed by atoms with E-state index in [1.807, 2.05) is 62.4 Å². The molecule has 0 radical (unpaired) electrons. The number of fused-ring (bicyclic) bond motifs is 1. The third kappa shape index (κ3) is 3.88. The molecule has 1 aliphatic heterocycles. The van der Waals surface area contributed by atoms with Gasteiger partial charge < -0.3 is 14.6 Å². The second kappa shape index (κ2) is 8.54. The molecule has 33 heavy (non-hydrogen) atoms. The summed E-state index contributed by atoms with van der Waals surface area (Å²) in [5, 5.41) is 2.97. The third-order valence-electron chi connectivity index (χ3n) is 6.13. The van der Waals surface area contributed by atoms with Crippen LogP contribution >= 0.6 is 0 Å². The molecule has 8 nitrogen and oxygen atoms in total. The SMILES string of the molecule is COC(=O)c1ncn2c1C(=O)N(c1ccc(C)c(C)c1)[C@@](C)(C(=O)NCc1ccccc1)C2. The Morgan fingerprint density at radius 1 is 1.12 bits per heavy atom. The van der Waals surface area contributed by atoms with Gasteiger partial charge in [0.15, 0.2) is 5.69 Å². The van der Waals surface area contributed by atoms with Gasteiger partial charge in [0, 0.05) is 12.2 Å². The van der Waals surface area contributed by atoms with E-state index in [4.69, 9.17) is 4.74 Å². The lowest BCUT2D eigenvalue weighted by atomic mass is 9.92. The number of carbonyl (C=O) groups excluding carboxylic acids is 3. The van der Waals surface area contributed by atoms with Gasteiger partial charge in [-0.05, 0) is 49.6 Å². The highest BCUT2D eigenvalue weighted by molar-refractivity contribution is 6.15. The van der Waals surface area contributed by atoms with Crippen LogP contribution in [-0.4, -0.2) is 40.0 Å². The van der Waals surface area contributed by atoms with Crippen molar-refractivity contribution in [3.63, 3.8) is 0 Å². The van der Waals surface area contributed by atoms with Gasteiger partial charge in [-0.2, -0.15) is 0 Å². The Labute approximate surface area is 192 Å². The Kier molecular flexibility index (Phi) is 5.76. The molecule has 1 atom stereocenters. The van der Waals surface area contributed by atoms with E-state index in [1.54, 1.807) is 11.5 Å². The summed E-state index contributed by atoms with van der Waals surface area (Å²) >= 11 is 0. The van der Waals surface area contributed by atoms with Crippen LogP contribution in [0.3, 0.4) is 0 Å². The summed E-state index contributed by atoms with van der Waals surface area (Å²) in [7, 11) is 1.24. The van der Waals surface area contributed by atoms with Gasteiger partial charge in [-0.1, -0.05) is 36.4 Å². The van der Waals surface area contributed by atoms with Crippen molar-refractivity contribution < 1.29 is 19.1 Å². The Balaban J connectivity index is 1.78. The van der Waals surface area contributed by atoms with Gasteiger partial charge in [-0.3, -0.25) is 14.5 Å². The fraction of sp³-hybridized carbons (Fsp3) is 0.280. The third-order valence-corrected chi connectivity index (χ3v) is 6.13. The standard InChI is InChI=1S/C25H26N4O4/c1-16-10-11-19(12-17(16)2)29-22(30)21-20(23(31)33-4)27-15-28(21)14-25(29,3)24(32)26-13-18-8-6-5-7-9-18/h5-12,15H,13-14H2,1-4H3,(H,26,32)/t25-/m1/s1. The van der Waals surface area contributed by atoms with Crippen LogP contribution in [0.4, 0.5) is 5.69 Å². The maximum absolute atomic E-state index is 13.8. The average molecular weight is 447 g/mol. The van der Waals surface area contributed by atoms with E-state index >= 15 is 0 Å². The quantitative estimate of drug-likeness (QED) is 0.608. The maximum atomic E-state index is 13.8. The van der Waals surface area contributed by atoms with Crippen molar-refractivity contribution in [2.45, 2.75) is 39.4 Å². The van der Waals surface area contributed by atoms with Gasteiger partial charge >= 0.3 is 5.97 Å². The smallest absolute Gasteiger partial charge is 0.359 e. The molecule has 0 fully saturated rings. The van der Waals surface area contributed by atoms with Gasteiger partial charge in [-0.15, -0.1) is 0 Å². The number of imidazole rings is 1. The highest BCUT2D eigenvalue weighted by atomic mass is 16.5. The largest absolute Gasteiger partial charge is 0.464 e. The van der Waals surface area contributed by atoms with Crippen molar-refractivity contribution >= 4 is 23.5 Å². The van der Waals surface area contributed by atoms with Crippen molar-refractivity contribution in [3.8, 4) is 0 Å². The highest BCUT2D eigenvalue weighted by Crippen LogP contribution is 2.34. The molecular formula is C25H26N4O4. The zero-order chi connectivity index (χ0) is 23.8. The number of hydrogen-bond acceptors (Lipinski definition) is 5. The number of nitrogens with one attached hydrogen (secondary N) is 1. The van der Waals surface area contributed by atoms with Crippen LogP contribution in [0.5, 0.6) is 0 Å². The summed E-state index contributed by atoms with van der Waals surface area (Å²) < 4.78 is 6.36. The van der Waals surface area contributed by atoms with Gasteiger partial charge in [0.2, 0.25) is 5.91 Å². The van der Waals surface area contributed by atoms with Crippen molar-refractivity contribution in [1.29, 1.82) is 0 Å². The van der Waals surface area contributed by atoms with Gasteiger partial charge in [0.25, 0.3) is 5.91 Å². The van der Waals surface area contributed by atoms with E-state index < -0.39 is 17.4 Å². The van der Waals surface area contributed by atoms with Crippen LogP contribution in [0.1, 0.15) is 44.6 Å². The molecule has 4 rings (SSSR count). The Hall–Kier alpha value is -3.94. The average Bonchev–Trinajstić information content (AvgIpc) is 3.23. The summed E-state index contributed by atoms with van der Waals surface area (Å²) in [6, 6.07) is 15.2. The predicted octanol–water partition coefficient (Wildman–Crippen LogP) is 3.02. The molecule has 0 bridgehead atoms. The first kappa shape index (κ1) is 22.3. The van der Waals surface area contributed by atoms with Crippen LogP contribution in [-0.2, 0) is 22.6 Å². The Morgan fingerprint density at radius 3 is 2.52 bits per heavy atom. The normalized spacial score (nSPS) is 17.5. The summed E-state index contributed by atoms with van der Waals surface area (Å²) in [5.74, 6) is -1.49. The molecular weight excluding hydrogens is 420 g/mol. The predicted molar refractivity (Wildman–Crippen MR) is 123 cm³/mol. The highest BCUT2D eigenvalue weighted by Gasteiger charge is 2.49. The molecule has 1 N–H and O–H groups in total. The number of anilines is 1. The van der Waals surface area contributed by atoms with Gasteiger partial charge in [0.05, 0.1) is 20.0 Å². The van der Waals surface area contributed by atoms with E-state index in [0.29, 0.717) is 12.2 Å². The number of hydrogen-bond donors (Lipinski definition) is 1. The maximum Gasteiger partial charge on any atom is 0.359 e. The first-order chi connectivity index (χ1) is 15.8. The molecule has 2 amide bonds. The topological polar surface area (TPSA) is 93.5 Å². The van der Waals surface area contributed by atoms with Crippen LogP contribution in [0.25, 0.3) is 0 Å². The molecule has 0 unspecified atom stereocenters. The zero-order valence-corrected chi connectivity index (χ0v) is 19.1. The Morgan fingerprint density at radius 2 is 1.85 bits per heavy atom. The van der Waals surface area contributed by atoms with Crippen LogP contribution in [0, 0.1) is 13.8 Å². The van der Waals surface area contributed by atoms with Gasteiger partial charge in [-0.25, -0.2) is 9.78 Å². The van der Waals surface area contributed by atoms with E-state index in [2.05, 4.69) is 10.3 Å². The van der Waals surface area contributed by atoms with E-state index in [9.17, 15) is 14.4 Å². The zero-order valence-electron chi connectivity index (χ0n) is 19.1. The minimum atomic E-state index is -1.26. The molecule has 1 aromatic heterocycles. The molecule has 0 saturated heterocycles. The number of carbonyl (C=O) groups is 3. The number of esters is 1. The second-order valence-electron chi connectivity index (χ2n) is 8.41. The molecule has 2 aromatic carbocycles. The van der Waals surface area contributed by atoms with Crippen LogP contribution in [0.15, 0.2) is 54.9 Å². The number of rotatable bonds is 5. The summed E-state index contributed by atoms with van der Waals surface area (Å²) in [6.45, 7) is 6.11. The number of aryl methyl sites for hydroxylation is 2. The number of ether oxygens (including phenoxy) is 1. The lowest BCUT2D eigenvalue weighted by molar-refractivity contribution is -0.126. The molecule has 8 heteroatoms. The van der Waals surface area contributed by atoms with Gasteiger partial charge in [0.1, 0.15) is 11.2 Å². The fourth-order valence-corrected chi connectivity index (χ4v) is 4.11. The minimum Gasteiger partial charge on any atom is -0.464 e. The molecule has 2 heterocycles. The summed E-state index contributed by atoms with van der Waals surface area (Å²) in [5.41, 5.74) is 2.36. The van der Waals surface area contributed by atoms with Crippen molar-refractivity contribution in [2.24, 2.45) is 0 Å². The monoisotopic (exact) mass is 446 g/mol. The number of aromatic nitrogens is 2. The van der Waals surface area contributed by atoms with E-state index in [0.717, 1.165) is 16.7 Å². The lowest BCUT2D eigenvalue weighted by Gasteiger charge is -2.43. The van der Waals surface area contributed by atoms with Crippen molar-refractivity contribution in [2.75, 3.05) is 12.0 Å². The summed E-state index contributed by atoms with van der Waals surface area (Å²) in [4.78, 5) is 45.1. The number of benzene rings is 2. The molecule has 3 aromatic rings. The lowest BCUT2D eigenvalue weighted by Crippen LogP contribution is -2.64. The molecule has 1 aliphatic rings. The van der Waals surface area contributed by atoms with Crippen LogP contribution in [0.2, 0.25) is 0 Å². The minimum absolute atomic E-state index is 0.0666. The first-order valence-electron chi connectivity index (χ1n) is 10.6. The van der Waals surface area contributed by atoms with Crippen molar-refractivity contribution in [3.05, 3.63) is 82.9 Å². The fourth-order valence-electron chi connectivity index (χ4n) is 4.11. The second-order valence-corrected chi connectivity index (χ2v) is 8.41. The van der Waals surface area contributed by atoms with Crippen molar-refractivity contribution in [1.82, 2.24) is 14.9 Å². The van der Waals surface area contributed by atoms with Crippen LogP contribution < -0.4 is 10.2 Å². The Bertz CT molecular complexity index is 1230.